The summed E-state index contributed by atoms with van der Waals surface area (Å²) in [5, 5.41) is 3.35. The molecule has 2 nitrogen and oxygen atoms in total. The van der Waals surface area contributed by atoms with Crippen molar-refractivity contribution < 1.29 is 13.2 Å². The van der Waals surface area contributed by atoms with E-state index in [1.807, 2.05) is 0 Å². The van der Waals surface area contributed by atoms with Crippen LogP contribution < -0.4 is 5.32 Å². The average Bonchev–Trinajstić information content (AvgIpc) is 2.94. The maximum atomic E-state index is 13.0. The zero-order valence-electron chi connectivity index (χ0n) is 11.2. The van der Waals surface area contributed by atoms with Crippen LogP contribution in [-0.2, 0) is 0 Å². The second kappa shape index (κ2) is 5.00. The fourth-order valence-corrected chi connectivity index (χ4v) is 2.86. The van der Waals surface area contributed by atoms with Crippen molar-refractivity contribution in [2.45, 2.75) is 44.8 Å². The molecule has 1 atom stereocenters. The van der Waals surface area contributed by atoms with E-state index < -0.39 is 11.7 Å². The average molecular weight is 264 g/mol. The molecular formula is C13H23F3N2. The Morgan fingerprint density at radius 2 is 2.00 bits per heavy atom. The van der Waals surface area contributed by atoms with Gasteiger partial charge in [-0.15, -0.1) is 0 Å². The van der Waals surface area contributed by atoms with Crippen LogP contribution in [0.1, 0.15) is 33.1 Å². The highest BCUT2D eigenvalue weighted by Gasteiger charge is 2.67. The monoisotopic (exact) mass is 264 g/mol. The van der Waals surface area contributed by atoms with E-state index in [1.165, 1.54) is 0 Å². The smallest absolute Gasteiger partial charge is 0.316 e. The normalized spacial score (nSPS) is 28.0. The minimum Gasteiger partial charge on any atom is -0.316 e. The summed E-state index contributed by atoms with van der Waals surface area (Å²) in [6.45, 7) is 7.27. The lowest BCUT2D eigenvalue weighted by Crippen LogP contribution is -2.47. The Kier molecular flexibility index (Phi) is 3.93. The van der Waals surface area contributed by atoms with Crippen LogP contribution in [0.2, 0.25) is 0 Å². The van der Waals surface area contributed by atoms with Crippen LogP contribution in [0.5, 0.6) is 0 Å². The van der Waals surface area contributed by atoms with Gasteiger partial charge in [-0.05, 0) is 50.7 Å². The van der Waals surface area contributed by atoms with Gasteiger partial charge in [-0.1, -0.05) is 13.8 Å². The van der Waals surface area contributed by atoms with Gasteiger partial charge in [-0.25, -0.2) is 0 Å². The van der Waals surface area contributed by atoms with Crippen LogP contribution >= 0.6 is 0 Å². The predicted molar refractivity (Wildman–Crippen MR) is 65.4 cm³/mol. The number of hydrogen-bond acceptors (Lipinski definition) is 2. The van der Waals surface area contributed by atoms with E-state index >= 15 is 0 Å². The van der Waals surface area contributed by atoms with E-state index in [2.05, 4.69) is 19.2 Å². The molecule has 1 aliphatic heterocycles. The molecule has 2 fully saturated rings. The van der Waals surface area contributed by atoms with Crippen LogP contribution in [0.4, 0.5) is 13.2 Å². The van der Waals surface area contributed by atoms with Gasteiger partial charge in [0.15, 0.2) is 0 Å². The molecule has 1 heterocycles. The molecule has 5 heteroatoms. The first-order chi connectivity index (χ1) is 8.35. The van der Waals surface area contributed by atoms with E-state index in [0.29, 0.717) is 37.8 Å². The number of alkyl halides is 3. The van der Waals surface area contributed by atoms with E-state index in [1.54, 1.807) is 4.90 Å². The molecule has 18 heavy (non-hydrogen) atoms. The molecule has 0 aromatic rings. The van der Waals surface area contributed by atoms with Gasteiger partial charge in [0, 0.05) is 6.54 Å². The maximum absolute atomic E-state index is 13.0. The molecule has 2 aliphatic rings. The van der Waals surface area contributed by atoms with E-state index in [0.717, 1.165) is 19.5 Å². The first-order valence-electron chi connectivity index (χ1n) is 6.87. The molecule has 0 radical (unpaired) electrons. The number of hydrogen-bond donors (Lipinski definition) is 1. The summed E-state index contributed by atoms with van der Waals surface area (Å²) >= 11 is 0. The van der Waals surface area contributed by atoms with Gasteiger partial charge in [0.1, 0.15) is 5.54 Å². The van der Waals surface area contributed by atoms with Gasteiger partial charge in [0.05, 0.1) is 0 Å². The van der Waals surface area contributed by atoms with Gasteiger partial charge in [-0.3, -0.25) is 4.90 Å². The third-order valence-electron chi connectivity index (χ3n) is 4.13. The molecule has 0 aromatic heterocycles. The standard InChI is InChI=1S/C13H23F3N2/c1-10(2)7-17-8-11-3-6-18(9-11)12(4-5-12)13(14,15)16/h10-11,17H,3-9H2,1-2H3. The second-order valence-electron chi connectivity index (χ2n) is 6.18. The van der Waals surface area contributed by atoms with Crippen molar-refractivity contribution in [3.8, 4) is 0 Å². The minimum absolute atomic E-state index is 0.294. The maximum Gasteiger partial charge on any atom is 0.406 e. The van der Waals surface area contributed by atoms with Gasteiger partial charge in [0.2, 0.25) is 0 Å². The highest BCUT2D eigenvalue weighted by molar-refractivity contribution is 5.10. The fourth-order valence-electron chi connectivity index (χ4n) is 2.86. The summed E-state index contributed by atoms with van der Waals surface area (Å²) in [6.07, 6.45) is -2.57. The zero-order valence-corrected chi connectivity index (χ0v) is 11.2. The third kappa shape index (κ3) is 2.82. The van der Waals surface area contributed by atoms with Gasteiger partial charge < -0.3 is 5.32 Å². The van der Waals surface area contributed by atoms with E-state index in [4.69, 9.17) is 0 Å². The number of nitrogens with zero attached hydrogens (tertiary/aromatic N) is 1. The van der Waals surface area contributed by atoms with Crippen molar-refractivity contribution in [3.05, 3.63) is 0 Å². The summed E-state index contributed by atoms with van der Waals surface area (Å²) in [5.41, 5.74) is -1.46. The third-order valence-corrected chi connectivity index (χ3v) is 4.13. The molecule has 1 aliphatic carbocycles. The first kappa shape index (κ1) is 14.1. The molecule has 1 unspecified atom stereocenters. The van der Waals surface area contributed by atoms with Crippen molar-refractivity contribution in [2.24, 2.45) is 11.8 Å². The highest BCUT2D eigenvalue weighted by Crippen LogP contribution is 2.54. The van der Waals surface area contributed by atoms with Crippen LogP contribution in [0.25, 0.3) is 0 Å². The molecule has 0 bridgehead atoms. The van der Waals surface area contributed by atoms with Crippen LogP contribution in [0, 0.1) is 11.8 Å². The first-order valence-corrected chi connectivity index (χ1v) is 6.87. The molecular weight excluding hydrogens is 241 g/mol. The van der Waals surface area contributed by atoms with E-state index in [9.17, 15) is 13.2 Å². The number of halogens is 3. The molecule has 0 spiro atoms. The number of nitrogens with one attached hydrogen (secondary N) is 1. The zero-order chi connectivity index (χ0) is 13.4. The van der Waals surface area contributed by atoms with E-state index in [-0.39, 0.29) is 0 Å². The lowest BCUT2D eigenvalue weighted by Gasteiger charge is -2.29. The van der Waals surface area contributed by atoms with Gasteiger partial charge in [-0.2, -0.15) is 13.2 Å². The van der Waals surface area contributed by atoms with Crippen molar-refractivity contribution in [1.82, 2.24) is 10.2 Å². The van der Waals surface area contributed by atoms with Crippen LogP contribution in [0.15, 0.2) is 0 Å². The summed E-state index contributed by atoms with van der Waals surface area (Å²) in [6, 6.07) is 0. The van der Waals surface area contributed by atoms with Crippen molar-refractivity contribution in [1.29, 1.82) is 0 Å². The predicted octanol–water partition coefficient (Wildman–Crippen LogP) is 2.65. The van der Waals surface area contributed by atoms with Crippen molar-refractivity contribution in [3.63, 3.8) is 0 Å². The molecule has 1 N–H and O–H groups in total. The quantitative estimate of drug-likeness (QED) is 0.821. The molecule has 0 amide bonds. The van der Waals surface area contributed by atoms with Gasteiger partial charge >= 0.3 is 6.18 Å². The Labute approximate surface area is 107 Å². The number of rotatable bonds is 5. The Hall–Kier alpha value is -0.290. The number of likely N-dealkylation sites (tertiary alicyclic amines) is 1. The Bertz CT molecular complexity index is 284. The summed E-state index contributed by atoms with van der Waals surface area (Å²) in [5.74, 6) is 0.969. The fraction of sp³-hybridized carbons (Fsp3) is 1.00. The van der Waals surface area contributed by atoms with Crippen LogP contribution in [0.3, 0.4) is 0 Å². The Morgan fingerprint density at radius 3 is 2.50 bits per heavy atom. The largest absolute Gasteiger partial charge is 0.406 e. The van der Waals surface area contributed by atoms with Gasteiger partial charge in [0.25, 0.3) is 0 Å². The van der Waals surface area contributed by atoms with Crippen LogP contribution in [-0.4, -0.2) is 42.8 Å². The topological polar surface area (TPSA) is 15.3 Å². The van der Waals surface area contributed by atoms with Crippen molar-refractivity contribution in [2.75, 3.05) is 26.2 Å². The summed E-state index contributed by atoms with van der Waals surface area (Å²) in [7, 11) is 0. The summed E-state index contributed by atoms with van der Waals surface area (Å²) in [4.78, 5) is 1.68. The second-order valence-corrected chi connectivity index (χ2v) is 6.18. The lowest BCUT2D eigenvalue weighted by molar-refractivity contribution is -0.193. The summed E-state index contributed by atoms with van der Waals surface area (Å²) < 4.78 is 38.9. The molecule has 1 saturated heterocycles. The Morgan fingerprint density at radius 1 is 1.33 bits per heavy atom. The molecule has 1 saturated carbocycles. The minimum atomic E-state index is -4.05. The lowest BCUT2D eigenvalue weighted by atomic mass is 10.1. The highest BCUT2D eigenvalue weighted by atomic mass is 19.4. The molecule has 0 aromatic carbocycles. The SMILES string of the molecule is CC(C)CNCC1CCN(C2(C(F)(F)F)CC2)C1. The Balaban J connectivity index is 1.79. The van der Waals surface area contributed by atoms with Crippen molar-refractivity contribution >= 4 is 0 Å². The molecule has 106 valence electrons. The molecule has 2 rings (SSSR count).